The van der Waals surface area contributed by atoms with Crippen LogP contribution < -0.4 is 0 Å². The molecule has 0 aliphatic heterocycles. The third-order valence-corrected chi connectivity index (χ3v) is 2.63. The summed E-state index contributed by atoms with van der Waals surface area (Å²) in [5.74, 6) is 0.744. The minimum Gasteiger partial charge on any atom is -0.290 e. The number of rotatable bonds is 3. The number of aliphatic imine (C=N–C) groups is 1. The second kappa shape index (κ2) is 4.86. The van der Waals surface area contributed by atoms with E-state index in [9.17, 15) is 0 Å². The van der Waals surface area contributed by atoms with Gasteiger partial charge in [-0.1, -0.05) is 20.8 Å². The molecule has 0 radical (unpaired) electrons. The van der Waals surface area contributed by atoms with Crippen LogP contribution in [0.4, 0.5) is 0 Å². The van der Waals surface area contributed by atoms with Crippen molar-refractivity contribution in [2.75, 3.05) is 7.05 Å². The first-order chi connectivity index (χ1) is 4.18. The second-order valence-corrected chi connectivity index (χ2v) is 3.68. The fourth-order valence-electron chi connectivity index (χ4n) is 0.314. The van der Waals surface area contributed by atoms with Gasteiger partial charge in [0.15, 0.2) is 0 Å². The molecule has 0 saturated heterocycles. The molecule has 9 heavy (non-hydrogen) atoms. The van der Waals surface area contributed by atoms with E-state index in [4.69, 9.17) is 0 Å². The van der Waals surface area contributed by atoms with Crippen LogP contribution >= 0.6 is 11.8 Å². The van der Waals surface area contributed by atoms with Crippen molar-refractivity contribution in [1.29, 1.82) is 0 Å². The maximum atomic E-state index is 3.90. The average Bonchev–Trinajstić information content (AvgIpc) is 1.82. The topological polar surface area (TPSA) is 12.4 Å². The number of hydrogen-bond acceptors (Lipinski definition) is 2. The molecular weight excluding hydrogens is 130 g/mol. The van der Waals surface area contributed by atoms with Crippen LogP contribution in [-0.2, 0) is 0 Å². The van der Waals surface area contributed by atoms with Gasteiger partial charge in [0.05, 0.1) is 5.55 Å². The summed E-state index contributed by atoms with van der Waals surface area (Å²) in [6, 6.07) is 0. The molecule has 0 heterocycles. The molecule has 0 aromatic heterocycles. The van der Waals surface area contributed by atoms with E-state index in [1.165, 1.54) is 0 Å². The third kappa shape index (κ3) is 4.52. The highest BCUT2D eigenvalue weighted by Crippen LogP contribution is 2.15. The Kier molecular flexibility index (Phi) is 4.87. The van der Waals surface area contributed by atoms with Gasteiger partial charge >= 0.3 is 0 Å². The zero-order chi connectivity index (χ0) is 7.28. The summed E-state index contributed by atoms with van der Waals surface area (Å²) in [6.45, 7) is 6.67. The molecule has 54 valence electrons. The van der Waals surface area contributed by atoms with Gasteiger partial charge in [-0.15, -0.1) is 11.8 Å². The molecule has 2 heteroatoms. The van der Waals surface area contributed by atoms with Crippen molar-refractivity contribution in [3.05, 3.63) is 0 Å². The van der Waals surface area contributed by atoms with E-state index in [1.54, 1.807) is 18.8 Å². The Morgan fingerprint density at radius 1 is 1.33 bits per heavy atom. The van der Waals surface area contributed by atoms with E-state index in [1.807, 2.05) is 5.55 Å². The van der Waals surface area contributed by atoms with Crippen LogP contribution in [0.25, 0.3) is 0 Å². The van der Waals surface area contributed by atoms with Crippen LogP contribution in [0.1, 0.15) is 20.8 Å². The summed E-state index contributed by atoms with van der Waals surface area (Å²) >= 11 is 1.79. The zero-order valence-electron chi connectivity index (χ0n) is 6.59. The first kappa shape index (κ1) is 9.02. The first-order valence-corrected chi connectivity index (χ1v) is 4.19. The minimum absolute atomic E-state index is 0.689. The monoisotopic (exact) mass is 145 g/mol. The van der Waals surface area contributed by atoms with E-state index >= 15 is 0 Å². The molecule has 1 nitrogen and oxygen atoms in total. The smallest absolute Gasteiger partial charge is 0.0540 e. The molecule has 0 bridgehead atoms. The maximum Gasteiger partial charge on any atom is 0.0540 e. The fraction of sp³-hybridized carbons (Fsp3) is 0.857. The number of thioether (sulfide) groups is 1. The van der Waals surface area contributed by atoms with Crippen molar-refractivity contribution in [3.63, 3.8) is 0 Å². The SMILES string of the molecule is C/N=C\SC(C)C(C)C. The van der Waals surface area contributed by atoms with Crippen LogP contribution in [0.15, 0.2) is 4.99 Å². The number of hydrogen-bond donors (Lipinski definition) is 0. The largest absolute Gasteiger partial charge is 0.290 e. The molecule has 0 aliphatic carbocycles. The van der Waals surface area contributed by atoms with E-state index in [2.05, 4.69) is 25.8 Å². The van der Waals surface area contributed by atoms with E-state index in [0.717, 1.165) is 5.92 Å². The van der Waals surface area contributed by atoms with Crippen LogP contribution in [0, 0.1) is 5.92 Å². The van der Waals surface area contributed by atoms with Gasteiger partial charge in [0.1, 0.15) is 0 Å². The molecule has 0 aromatic rings. The standard InChI is InChI=1S/C7H15NS/c1-6(2)7(3)9-5-8-4/h5-7H,1-4H3/b8-5-. The van der Waals surface area contributed by atoms with E-state index < -0.39 is 0 Å². The summed E-state index contributed by atoms with van der Waals surface area (Å²) < 4.78 is 0. The Morgan fingerprint density at radius 3 is 2.22 bits per heavy atom. The summed E-state index contributed by atoms with van der Waals surface area (Å²) in [6.07, 6.45) is 0. The third-order valence-electron chi connectivity index (χ3n) is 1.32. The highest BCUT2D eigenvalue weighted by molar-refractivity contribution is 8.12. The highest BCUT2D eigenvalue weighted by atomic mass is 32.2. The lowest BCUT2D eigenvalue weighted by Crippen LogP contribution is -2.04. The second-order valence-electron chi connectivity index (χ2n) is 2.45. The van der Waals surface area contributed by atoms with Crippen LogP contribution in [-0.4, -0.2) is 17.8 Å². The fourth-order valence-corrected chi connectivity index (χ4v) is 0.942. The van der Waals surface area contributed by atoms with Crippen molar-refractivity contribution in [1.82, 2.24) is 0 Å². The van der Waals surface area contributed by atoms with E-state index in [0.29, 0.717) is 5.25 Å². The molecule has 0 rings (SSSR count). The average molecular weight is 145 g/mol. The zero-order valence-corrected chi connectivity index (χ0v) is 7.40. The Labute approximate surface area is 61.9 Å². The van der Waals surface area contributed by atoms with Crippen molar-refractivity contribution in [3.8, 4) is 0 Å². The van der Waals surface area contributed by atoms with Crippen molar-refractivity contribution in [2.45, 2.75) is 26.0 Å². The molecular formula is C7H15NS. The predicted octanol–water partition coefficient (Wildman–Crippen LogP) is 2.42. The summed E-state index contributed by atoms with van der Waals surface area (Å²) in [4.78, 5) is 3.90. The van der Waals surface area contributed by atoms with Crippen molar-refractivity contribution >= 4 is 17.3 Å². The highest BCUT2D eigenvalue weighted by Gasteiger charge is 2.04. The van der Waals surface area contributed by atoms with Crippen molar-refractivity contribution in [2.24, 2.45) is 10.9 Å². The van der Waals surface area contributed by atoms with Gasteiger partial charge in [-0.25, -0.2) is 0 Å². The van der Waals surface area contributed by atoms with Gasteiger partial charge in [-0.2, -0.15) is 0 Å². The lowest BCUT2D eigenvalue weighted by atomic mass is 10.2. The Bertz CT molecular complexity index is 88.9. The van der Waals surface area contributed by atoms with Crippen LogP contribution in [0.3, 0.4) is 0 Å². The first-order valence-electron chi connectivity index (χ1n) is 3.24. The van der Waals surface area contributed by atoms with Crippen molar-refractivity contribution < 1.29 is 0 Å². The Hall–Kier alpha value is 0.0200. The Balaban J connectivity index is 3.38. The minimum atomic E-state index is 0.689. The molecule has 1 atom stereocenters. The van der Waals surface area contributed by atoms with Gasteiger partial charge in [-0.05, 0) is 5.92 Å². The van der Waals surface area contributed by atoms with Crippen LogP contribution in [0.2, 0.25) is 0 Å². The lowest BCUT2D eigenvalue weighted by Gasteiger charge is -2.10. The summed E-state index contributed by atoms with van der Waals surface area (Å²) in [5.41, 5.74) is 1.91. The van der Waals surface area contributed by atoms with Gasteiger partial charge in [0.25, 0.3) is 0 Å². The van der Waals surface area contributed by atoms with E-state index in [-0.39, 0.29) is 0 Å². The molecule has 0 spiro atoms. The Morgan fingerprint density at radius 2 is 1.89 bits per heavy atom. The van der Waals surface area contributed by atoms with Gasteiger partial charge in [0, 0.05) is 12.3 Å². The lowest BCUT2D eigenvalue weighted by molar-refractivity contribution is 0.644. The molecule has 0 N–H and O–H groups in total. The molecule has 1 unspecified atom stereocenters. The summed E-state index contributed by atoms with van der Waals surface area (Å²) in [7, 11) is 1.81. The summed E-state index contributed by atoms with van der Waals surface area (Å²) in [5, 5.41) is 0.689. The normalized spacial score (nSPS) is 15.2. The van der Waals surface area contributed by atoms with Gasteiger partial charge < -0.3 is 0 Å². The quantitative estimate of drug-likeness (QED) is 0.439. The van der Waals surface area contributed by atoms with Crippen LogP contribution in [0.5, 0.6) is 0 Å². The number of nitrogens with zero attached hydrogens (tertiary/aromatic N) is 1. The molecule has 0 fully saturated rings. The van der Waals surface area contributed by atoms with Gasteiger partial charge in [0.2, 0.25) is 0 Å². The molecule has 0 aromatic carbocycles. The predicted molar refractivity (Wildman–Crippen MR) is 46.3 cm³/mol. The van der Waals surface area contributed by atoms with Gasteiger partial charge in [-0.3, -0.25) is 4.99 Å². The molecule has 0 amide bonds. The maximum absolute atomic E-state index is 3.90. The molecule has 0 saturated carbocycles. The molecule has 0 aliphatic rings.